The van der Waals surface area contributed by atoms with Gasteiger partial charge in [-0.05, 0) is 43.9 Å². The van der Waals surface area contributed by atoms with E-state index in [0.29, 0.717) is 0 Å². The number of hydrogen-bond acceptors (Lipinski definition) is 4. The van der Waals surface area contributed by atoms with E-state index in [1.807, 2.05) is 20.2 Å². The Morgan fingerprint density at radius 1 is 1.36 bits per heavy atom. The number of fused-ring (bicyclic) bond motifs is 1. The molecular weight excluding hydrogens is 316 g/mol. The van der Waals surface area contributed by atoms with Crippen LogP contribution in [0.4, 0.5) is 5.69 Å². The largest absolute Gasteiger partial charge is 0.376 e. The summed E-state index contributed by atoms with van der Waals surface area (Å²) < 4.78 is 5.60. The fourth-order valence-electron chi connectivity index (χ4n) is 3.15. The van der Waals surface area contributed by atoms with Crippen molar-refractivity contribution in [2.45, 2.75) is 32.3 Å². The number of thiazole rings is 1. The first-order valence-electron chi connectivity index (χ1n) is 7.51. The van der Waals surface area contributed by atoms with Crippen LogP contribution < -0.4 is 4.90 Å². The monoisotopic (exact) mass is 336 g/mol. The highest BCUT2D eigenvalue weighted by molar-refractivity contribution is 7.15. The molecule has 2 aromatic rings. The van der Waals surface area contributed by atoms with Gasteiger partial charge in [0, 0.05) is 26.8 Å². The maximum Gasteiger partial charge on any atom is 0.124 e. The van der Waals surface area contributed by atoms with Crippen LogP contribution in [-0.4, -0.2) is 26.2 Å². The van der Waals surface area contributed by atoms with Gasteiger partial charge in [-0.15, -0.1) is 11.3 Å². The molecule has 1 aromatic heterocycles. The Morgan fingerprint density at radius 3 is 2.77 bits per heavy atom. The van der Waals surface area contributed by atoms with Crippen LogP contribution in [0.1, 0.15) is 35.1 Å². The molecule has 0 fully saturated rings. The van der Waals surface area contributed by atoms with Crippen molar-refractivity contribution in [3.05, 3.63) is 33.3 Å². The van der Waals surface area contributed by atoms with E-state index in [-0.39, 0.29) is 6.10 Å². The zero-order valence-corrected chi connectivity index (χ0v) is 15.0. The molecule has 1 unspecified atom stereocenters. The fourth-order valence-corrected chi connectivity index (χ4v) is 4.80. The SMILES string of the molecule is COC1CCCc2nc(-c3cc(C)c(N(C)C)c(Cl)c3)sc21. The van der Waals surface area contributed by atoms with Crippen molar-refractivity contribution in [3.63, 3.8) is 0 Å². The Hall–Kier alpha value is -1.10. The number of methoxy groups -OCH3 is 1. The van der Waals surface area contributed by atoms with Gasteiger partial charge < -0.3 is 9.64 Å². The molecule has 1 atom stereocenters. The van der Waals surface area contributed by atoms with Gasteiger partial charge in [-0.3, -0.25) is 0 Å². The molecule has 1 heterocycles. The van der Waals surface area contributed by atoms with Crippen LogP contribution in [0.3, 0.4) is 0 Å². The molecular formula is C17H21ClN2OS. The van der Waals surface area contributed by atoms with E-state index in [2.05, 4.69) is 17.9 Å². The van der Waals surface area contributed by atoms with E-state index < -0.39 is 0 Å². The van der Waals surface area contributed by atoms with Crippen LogP contribution in [0, 0.1) is 6.92 Å². The third-order valence-electron chi connectivity index (χ3n) is 4.13. The average molecular weight is 337 g/mol. The summed E-state index contributed by atoms with van der Waals surface area (Å²) in [5, 5.41) is 1.82. The summed E-state index contributed by atoms with van der Waals surface area (Å²) in [6.45, 7) is 2.09. The number of benzene rings is 1. The lowest BCUT2D eigenvalue weighted by Crippen LogP contribution is -2.10. The smallest absolute Gasteiger partial charge is 0.124 e. The highest BCUT2D eigenvalue weighted by Gasteiger charge is 2.25. The minimum absolute atomic E-state index is 0.201. The molecule has 0 saturated carbocycles. The van der Waals surface area contributed by atoms with Crippen molar-refractivity contribution < 1.29 is 4.74 Å². The Morgan fingerprint density at radius 2 is 2.14 bits per heavy atom. The number of ether oxygens (including phenoxy) is 1. The number of aromatic nitrogens is 1. The number of rotatable bonds is 3. The highest BCUT2D eigenvalue weighted by atomic mass is 35.5. The molecule has 118 valence electrons. The van der Waals surface area contributed by atoms with Gasteiger partial charge >= 0.3 is 0 Å². The van der Waals surface area contributed by atoms with Crippen molar-refractivity contribution in [2.24, 2.45) is 0 Å². The number of nitrogens with zero attached hydrogens (tertiary/aromatic N) is 2. The molecule has 0 N–H and O–H groups in total. The van der Waals surface area contributed by atoms with Crippen molar-refractivity contribution in [1.82, 2.24) is 4.98 Å². The van der Waals surface area contributed by atoms with Gasteiger partial charge in [0.15, 0.2) is 0 Å². The van der Waals surface area contributed by atoms with Crippen molar-refractivity contribution in [2.75, 3.05) is 26.1 Å². The minimum atomic E-state index is 0.201. The number of anilines is 1. The fraction of sp³-hybridized carbons (Fsp3) is 0.471. The van der Waals surface area contributed by atoms with Crippen LogP contribution in [0.2, 0.25) is 5.02 Å². The summed E-state index contributed by atoms with van der Waals surface area (Å²) in [5.41, 5.74) is 4.54. The molecule has 3 rings (SSSR count). The maximum atomic E-state index is 6.47. The van der Waals surface area contributed by atoms with Crippen molar-refractivity contribution in [3.8, 4) is 10.6 Å². The van der Waals surface area contributed by atoms with Gasteiger partial charge in [0.2, 0.25) is 0 Å². The Labute approximate surface area is 140 Å². The van der Waals surface area contributed by atoms with E-state index in [1.54, 1.807) is 18.4 Å². The zero-order chi connectivity index (χ0) is 15.9. The highest BCUT2D eigenvalue weighted by Crippen LogP contribution is 2.41. The number of halogens is 1. The third-order valence-corrected chi connectivity index (χ3v) is 5.66. The van der Waals surface area contributed by atoms with E-state index in [4.69, 9.17) is 21.3 Å². The van der Waals surface area contributed by atoms with E-state index >= 15 is 0 Å². The molecule has 3 nitrogen and oxygen atoms in total. The number of hydrogen-bond donors (Lipinski definition) is 0. The first-order valence-corrected chi connectivity index (χ1v) is 8.71. The van der Waals surface area contributed by atoms with Crippen LogP contribution >= 0.6 is 22.9 Å². The second-order valence-electron chi connectivity index (χ2n) is 5.96. The Kier molecular flexibility index (Phi) is 4.44. The predicted octanol–water partition coefficient (Wildman–Crippen LogP) is 4.86. The lowest BCUT2D eigenvalue weighted by molar-refractivity contribution is 0.0908. The van der Waals surface area contributed by atoms with Gasteiger partial charge in [0.25, 0.3) is 0 Å². The molecule has 0 amide bonds. The summed E-state index contributed by atoms with van der Waals surface area (Å²) in [6.07, 6.45) is 3.49. The van der Waals surface area contributed by atoms with Crippen LogP contribution in [0.25, 0.3) is 10.6 Å². The molecule has 22 heavy (non-hydrogen) atoms. The lowest BCUT2D eigenvalue weighted by atomic mass is 10.0. The summed E-state index contributed by atoms with van der Waals surface area (Å²) in [4.78, 5) is 8.18. The molecule has 0 spiro atoms. The lowest BCUT2D eigenvalue weighted by Gasteiger charge is -2.19. The first kappa shape index (κ1) is 15.8. The molecule has 0 radical (unpaired) electrons. The normalized spacial score (nSPS) is 17.4. The average Bonchev–Trinajstić information content (AvgIpc) is 2.89. The molecule has 5 heteroatoms. The topological polar surface area (TPSA) is 25.4 Å². The zero-order valence-electron chi connectivity index (χ0n) is 13.4. The maximum absolute atomic E-state index is 6.47. The molecule has 1 aliphatic carbocycles. The molecule has 0 bridgehead atoms. The summed E-state index contributed by atoms with van der Waals surface area (Å²) in [7, 11) is 5.81. The van der Waals surface area contributed by atoms with Crippen LogP contribution in [-0.2, 0) is 11.2 Å². The molecule has 1 aliphatic rings. The predicted molar refractivity (Wildman–Crippen MR) is 94.3 cm³/mol. The van der Waals surface area contributed by atoms with Gasteiger partial charge in [0.05, 0.1) is 27.4 Å². The first-order chi connectivity index (χ1) is 10.5. The van der Waals surface area contributed by atoms with E-state index in [9.17, 15) is 0 Å². The second kappa shape index (κ2) is 6.19. The van der Waals surface area contributed by atoms with E-state index in [1.165, 1.54) is 16.1 Å². The van der Waals surface area contributed by atoms with Gasteiger partial charge in [0.1, 0.15) is 5.01 Å². The summed E-state index contributed by atoms with van der Waals surface area (Å²) in [5.74, 6) is 0. The standard InChI is InChI=1S/C17H21ClN2OS/c1-10-8-11(9-12(18)15(10)20(2)3)17-19-13-6-5-7-14(21-4)16(13)22-17/h8-9,14H,5-7H2,1-4H3. The minimum Gasteiger partial charge on any atom is -0.376 e. The molecule has 0 saturated heterocycles. The summed E-state index contributed by atoms with van der Waals surface area (Å²) >= 11 is 8.22. The molecule has 0 aliphatic heterocycles. The van der Waals surface area contributed by atoms with Gasteiger partial charge in [-0.1, -0.05) is 11.6 Å². The summed E-state index contributed by atoms with van der Waals surface area (Å²) in [6, 6.07) is 4.20. The quantitative estimate of drug-likeness (QED) is 0.800. The van der Waals surface area contributed by atoms with Gasteiger partial charge in [-0.25, -0.2) is 4.98 Å². The van der Waals surface area contributed by atoms with Crippen LogP contribution in [0.15, 0.2) is 12.1 Å². The second-order valence-corrected chi connectivity index (χ2v) is 7.40. The van der Waals surface area contributed by atoms with Gasteiger partial charge in [-0.2, -0.15) is 0 Å². The molecule has 1 aromatic carbocycles. The Bertz CT molecular complexity index is 673. The number of aryl methyl sites for hydroxylation is 2. The van der Waals surface area contributed by atoms with Crippen molar-refractivity contribution >= 4 is 28.6 Å². The van der Waals surface area contributed by atoms with E-state index in [0.717, 1.165) is 40.5 Å². The third kappa shape index (κ3) is 2.75. The van der Waals surface area contributed by atoms with Crippen LogP contribution in [0.5, 0.6) is 0 Å². The van der Waals surface area contributed by atoms with Crippen molar-refractivity contribution in [1.29, 1.82) is 0 Å². The Balaban J connectivity index is 2.04.